The highest BCUT2D eigenvalue weighted by molar-refractivity contribution is 5.70. The number of carboxylic acid groups (broad SMARTS) is 1. The van der Waals surface area contributed by atoms with E-state index in [1.807, 2.05) is 0 Å². The van der Waals surface area contributed by atoms with E-state index in [1.165, 1.54) is 0 Å². The average Bonchev–Trinajstić information content (AvgIpc) is 2.87. The Kier molecular flexibility index (Phi) is 4.40. The van der Waals surface area contributed by atoms with Crippen LogP contribution in [0.1, 0.15) is 39.0 Å². The van der Waals surface area contributed by atoms with Crippen molar-refractivity contribution in [2.24, 2.45) is 11.8 Å². The molecule has 4 nitrogen and oxygen atoms in total. The number of rotatable bonds is 5. The fraction of sp³-hybridized carbons (Fsp3) is 0.923. The summed E-state index contributed by atoms with van der Waals surface area (Å²) in [5.74, 6) is -0.447. The maximum atomic E-state index is 11.0. The van der Waals surface area contributed by atoms with Gasteiger partial charge in [0, 0.05) is 6.54 Å². The quantitative estimate of drug-likeness (QED) is 0.768. The first kappa shape index (κ1) is 12.8. The third-order valence-corrected chi connectivity index (χ3v) is 4.07. The van der Waals surface area contributed by atoms with Crippen LogP contribution < -0.4 is 5.32 Å². The SMILES string of the molecule is CC1CCC(CNCC2CCCC2C(=O)O)O1. The van der Waals surface area contributed by atoms with Crippen LogP contribution in [0.25, 0.3) is 0 Å². The summed E-state index contributed by atoms with van der Waals surface area (Å²) in [5, 5.41) is 12.5. The lowest BCUT2D eigenvalue weighted by atomic mass is 9.96. The van der Waals surface area contributed by atoms with Crippen molar-refractivity contribution in [3.8, 4) is 0 Å². The van der Waals surface area contributed by atoms with Gasteiger partial charge >= 0.3 is 5.97 Å². The van der Waals surface area contributed by atoms with Gasteiger partial charge in [0.1, 0.15) is 0 Å². The van der Waals surface area contributed by atoms with Crippen LogP contribution >= 0.6 is 0 Å². The fourth-order valence-electron chi connectivity index (χ4n) is 3.07. The lowest BCUT2D eigenvalue weighted by Gasteiger charge is -2.18. The zero-order valence-electron chi connectivity index (χ0n) is 10.5. The smallest absolute Gasteiger partial charge is 0.306 e. The summed E-state index contributed by atoms with van der Waals surface area (Å²) in [6.45, 7) is 3.80. The van der Waals surface area contributed by atoms with E-state index in [4.69, 9.17) is 9.84 Å². The van der Waals surface area contributed by atoms with Gasteiger partial charge in [-0.1, -0.05) is 6.42 Å². The van der Waals surface area contributed by atoms with E-state index in [-0.39, 0.29) is 5.92 Å². The molecule has 2 fully saturated rings. The van der Waals surface area contributed by atoms with Gasteiger partial charge in [-0.05, 0) is 45.1 Å². The summed E-state index contributed by atoms with van der Waals surface area (Å²) in [5.41, 5.74) is 0. The highest BCUT2D eigenvalue weighted by atomic mass is 16.5. The van der Waals surface area contributed by atoms with E-state index in [9.17, 15) is 4.79 Å². The Labute approximate surface area is 103 Å². The predicted molar refractivity (Wildman–Crippen MR) is 64.9 cm³/mol. The van der Waals surface area contributed by atoms with E-state index in [0.717, 1.165) is 45.2 Å². The monoisotopic (exact) mass is 241 g/mol. The second-order valence-electron chi connectivity index (χ2n) is 5.44. The Hall–Kier alpha value is -0.610. The van der Waals surface area contributed by atoms with Crippen molar-refractivity contribution in [3.63, 3.8) is 0 Å². The Bertz CT molecular complexity index is 269. The molecule has 2 N–H and O–H groups in total. The van der Waals surface area contributed by atoms with E-state index in [0.29, 0.717) is 18.1 Å². The van der Waals surface area contributed by atoms with Crippen LogP contribution in [0.15, 0.2) is 0 Å². The first-order chi connectivity index (χ1) is 8.16. The molecule has 0 spiro atoms. The summed E-state index contributed by atoms with van der Waals surface area (Å²) < 4.78 is 5.72. The Morgan fingerprint density at radius 3 is 2.76 bits per heavy atom. The number of nitrogens with one attached hydrogen (secondary N) is 1. The normalized spacial score (nSPS) is 37.5. The standard InChI is InChI=1S/C13H23NO3/c1-9-5-6-11(17-9)8-14-7-10-3-2-4-12(10)13(15)16/h9-12,14H,2-8H2,1H3,(H,15,16). The van der Waals surface area contributed by atoms with Crippen LogP contribution in [0.5, 0.6) is 0 Å². The van der Waals surface area contributed by atoms with Gasteiger partial charge in [-0.2, -0.15) is 0 Å². The van der Waals surface area contributed by atoms with Crippen LogP contribution in [0.4, 0.5) is 0 Å². The number of hydrogen-bond donors (Lipinski definition) is 2. The molecule has 1 aliphatic heterocycles. The van der Waals surface area contributed by atoms with Gasteiger partial charge < -0.3 is 15.2 Å². The molecule has 1 heterocycles. The minimum absolute atomic E-state index is 0.133. The molecule has 0 amide bonds. The average molecular weight is 241 g/mol. The molecule has 4 atom stereocenters. The molecule has 4 heteroatoms. The molecule has 0 aromatic rings. The van der Waals surface area contributed by atoms with E-state index in [2.05, 4.69) is 12.2 Å². The molecule has 2 rings (SSSR count). The van der Waals surface area contributed by atoms with Crippen molar-refractivity contribution >= 4 is 5.97 Å². The first-order valence-electron chi connectivity index (χ1n) is 6.76. The van der Waals surface area contributed by atoms with Crippen LogP contribution in [0.3, 0.4) is 0 Å². The molecule has 1 saturated carbocycles. The van der Waals surface area contributed by atoms with Gasteiger partial charge in [0.15, 0.2) is 0 Å². The Balaban J connectivity index is 1.66. The third kappa shape index (κ3) is 3.42. The summed E-state index contributed by atoms with van der Waals surface area (Å²) >= 11 is 0. The lowest BCUT2D eigenvalue weighted by molar-refractivity contribution is -0.142. The molecular weight excluding hydrogens is 218 g/mol. The number of carboxylic acids is 1. The molecule has 17 heavy (non-hydrogen) atoms. The molecule has 0 aromatic carbocycles. The van der Waals surface area contributed by atoms with Crippen LogP contribution in [-0.2, 0) is 9.53 Å². The summed E-state index contributed by atoms with van der Waals surface area (Å²) in [4.78, 5) is 11.0. The van der Waals surface area contributed by atoms with Crippen LogP contribution in [-0.4, -0.2) is 36.4 Å². The van der Waals surface area contributed by atoms with Crippen molar-refractivity contribution in [1.82, 2.24) is 5.32 Å². The van der Waals surface area contributed by atoms with Gasteiger partial charge in [-0.25, -0.2) is 0 Å². The second kappa shape index (κ2) is 5.83. The third-order valence-electron chi connectivity index (χ3n) is 4.07. The van der Waals surface area contributed by atoms with Crippen molar-refractivity contribution in [2.45, 2.75) is 51.2 Å². The molecular formula is C13H23NO3. The summed E-state index contributed by atoms with van der Waals surface area (Å²) in [7, 11) is 0. The zero-order chi connectivity index (χ0) is 12.3. The first-order valence-corrected chi connectivity index (χ1v) is 6.76. The maximum Gasteiger partial charge on any atom is 0.306 e. The molecule has 0 bridgehead atoms. The fourth-order valence-corrected chi connectivity index (χ4v) is 3.07. The van der Waals surface area contributed by atoms with Gasteiger partial charge in [-0.3, -0.25) is 4.79 Å². The highest BCUT2D eigenvalue weighted by Gasteiger charge is 2.32. The van der Waals surface area contributed by atoms with Crippen molar-refractivity contribution in [3.05, 3.63) is 0 Å². The number of aliphatic carboxylic acids is 1. The number of carbonyl (C=O) groups is 1. The van der Waals surface area contributed by atoms with Gasteiger partial charge in [0.05, 0.1) is 18.1 Å². The largest absolute Gasteiger partial charge is 0.481 e. The molecule has 0 radical (unpaired) electrons. The summed E-state index contributed by atoms with van der Waals surface area (Å²) in [6.07, 6.45) is 5.94. The van der Waals surface area contributed by atoms with Crippen LogP contribution in [0.2, 0.25) is 0 Å². The molecule has 2 aliphatic rings. The molecule has 1 aliphatic carbocycles. The van der Waals surface area contributed by atoms with Gasteiger partial charge in [-0.15, -0.1) is 0 Å². The number of hydrogen-bond acceptors (Lipinski definition) is 3. The van der Waals surface area contributed by atoms with Gasteiger partial charge in [0.2, 0.25) is 0 Å². The van der Waals surface area contributed by atoms with Crippen molar-refractivity contribution in [1.29, 1.82) is 0 Å². The molecule has 0 aromatic heterocycles. The van der Waals surface area contributed by atoms with Crippen molar-refractivity contribution < 1.29 is 14.6 Å². The molecule has 4 unspecified atom stereocenters. The minimum Gasteiger partial charge on any atom is -0.481 e. The maximum absolute atomic E-state index is 11.0. The van der Waals surface area contributed by atoms with Crippen molar-refractivity contribution in [2.75, 3.05) is 13.1 Å². The summed E-state index contributed by atoms with van der Waals surface area (Å²) in [6, 6.07) is 0. The lowest BCUT2D eigenvalue weighted by Crippen LogP contribution is -2.33. The second-order valence-corrected chi connectivity index (χ2v) is 5.44. The minimum atomic E-state index is -0.625. The Morgan fingerprint density at radius 1 is 1.29 bits per heavy atom. The van der Waals surface area contributed by atoms with Gasteiger partial charge in [0.25, 0.3) is 0 Å². The topological polar surface area (TPSA) is 58.6 Å². The zero-order valence-corrected chi connectivity index (χ0v) is 10.5. The van der Waals surface area contributed by atoms with Crippen LogP contribution in [0, 0.1) is 11.8 Å². The van der Waals surface area contributed by atoms with E-state index < -0.39 is 5.97 Å². The molecule has 1 saturated heterocycles. The predicted octanol–water partition coefficient (Wildman–Crippen LogP) is 1.64. The number of ether oxygens (including phenoxy) is 1. The highest BCUT2D eigenvalue weighted by Crippen LogP contribution is 2.31. The Morgan fingerprint density at radius 2 is 2.12 bits per heavy atom. The molecule has 98 valence electrons. The van der Waals surface area contributed by atoms with E-state index in [1.54, 1.807) is 0 Å². The van der Waals surface area contributed by atoms with E-state index >= 15 is 0 Å².